The Balaban J connectivity index is 2.80. The third-order valence-electron chi connectivity index (χ3n) is 2.20. The minimum atomic E-state index is -4.80. The Morgan fingerprint density at radius 1 is 1.28 bits per heavy atom. The first-order valence-corrected chi connectivity index (χ1v) is 7.54. The van der Waals surface area contributed by atoms with Crippen molar-refractivity contribution in [1.29, 1.82) is 0 Å². The SMILES string of the molecule is O=S(=O)(O)NC1COC(CO)C[C@H]1OS(=O)(=O)O. The molecule has 0 spiro atoms. The van der Waals surface area contributed by atoms with Crippen LogP contribution in [0.4, 0.5) is 0 Å². The molecule has 0 radical (unpaired) electrons. The molecule has 1 rings (SSSR count). The van der Waals surface area contributed by atoms with Crippen molar-refractivity contribution in [2.45, 2.75) is 24.7 Å². The number of aliphatic hydroxyl groups excluding tert-OH is 1. The third kappa shape index (κ3) is 5.53. The summed E-state index contributed by atoms with van der Waals surface area (Å²) in [6.07, 6.45) is -2.23. The smallest absolute Gasteiger partial charge is 0.394 e. The van der Waals surface area contributed by atoms with Crippen molar-refractivity contribution in [3.8, 4) is 0 Å². The van der Waals surface area contributed by atoms with E-state index in [0.717, 1.165) is 0 Å². The number of nitrogens with one attached hydrogen (secondary N) is 1. The first-order chi connectivity index (χ1) is 8.11. The van der Waals surface area contributed by atoms with Crippen molar-refractivity contribution >= 4 is 20.7 Å². The van der Waals surface area contributed by atoms with Crippen LogP contribution in [0.3, 0.4) is 0 Å². The van der Waals surface area contributed by atoms with E-state index in [1.165, 1.54) is 0 Å². The summed E-state index contributed by atoms with van der Waals surface area (Å²) in [5.41, 5.74) is 0. The quantitative estimate of drug-likeness (QED) is 0.410. The molecule has 18 heavy (non-hydrogen) atoms. The fraction of sp³-hybridized carbons (Fsp3) is 1.00. The van der Waals surface area contributed by atoms with Gasteiger partial charge in [-0.15, -0.1) is 0 Å². The van der Waals surface area contributed by atoms with Crippen LogP contribution in [0.2, 0.25) is 0 Å². The van der Waals surface area contributed by atoms with Crippen LogP contribution in [0.25, 0.3) is 0 Å². The van der Waals surface area contributed by atoms with Gasteiger partial charge in [0, 0.05) is 6.42 Å². The zero-order valence-corrected chi connectivity index (χ0v) is 10.6. The number of rotatable bonds is 5. The molecule has 12 heteroatoms. The lowest BCUT2D eigenvalue weighted by Crippen LogP contribution is -2.53. The van der Waals surface area contributed by atoms with Crippen molar-refractivity contribution < 1.29 is 40.0 Å². The molecule has 0 aromatic rings. The van der Waals surface area contributed by atoms with E-state index in [-0.39, 0.29) is 13.0 Å². The molecular formula is C6H13NO9S2. The van der Waals surface area contributed by atoms with Gasteiger partial charge in [-0.25, -0.2) is 4.18 Å². The number of aliphatic hydroxyl groups is 1. The molecule has 0 amide bonds. The van der Waals surface area contributed by atoms with Crippen LogP contribution in [0.15, 0.2) is 0 Å². The summed E-state index contributed by atoms with van der Waals surface area (Å²) in [6.45, 7) is -0.755. The van der Waals surface area contributed by atoms with Crippen LogP contribution < -0.4 is 4.72 Å². The minimum Gasteiger partial charge on any atom is -0.394 e. The Hall–Kier alpha value is -0.340. The van der Waals surface area contributed by atoms with Gasteiger partial charge in [0.1, 0.15) is 6.10 Å². The van der Waals surface area contributed by atoms with Gasteiger partial charge in [0.05, 0.1) is 25.4 Å². The maximum atomic E-state index is 10.6. The Labute approximate surface area is 104 Å². The Bertz CT molecular complexity index is 471. The van der Waals surface area contributed by atoms with Crippen molar-refractivity contribution in [1.82, 2.24) is 4.72 Å². The van der Waals surface area contributed by atoms with E-state index in [9.17, 15) is 16.8 Å². The van der Waals surface area contributed by atoms with Crippen molar-refractivity contribution in [2.75, 3.05) is 13.2 Å². The predicted molar refractivity (Wildman–Crippen MR) is 56.3 cm³/mol. The van der Waals surface area contributed by atoms with Crippen LogP contribution in [-0.2, 0) is 29.6 Å². The predicted octanol–water partition coefficient (Wildman–Crippen LogP) is -2.28. The van der Waals surface area contributed by atoms with Crippen molar-refractivity contribution in [3.63, 3.8) is 0 Å². The molecule has 1 fully saturated rings. The zero-order valence-electron chi connectivity index (χ0n) is 8.96. The molecule has 108 valence electrons. The zero-order chi connectivity index (χ0) is 14.0. The molecule has 4 N–H and O–H groups in total. The van der Waals surface area contributed by atoms with E-state index in [4.69, 9.17) is 18.9 Å². The molecule has 1 aliphatic rings. The summed E-state index contributed by atoms with van der Waals surface area (Å²) in [5, 5.41) is 8.85. The highest BCUT2D eigenvalue weighted by molar-refractivity contribution is 7.83. The van der Waals surface area contributed by atoms with Gasteiger partial charge in [-0.2, -0.15) is 21.6 Å². The third-order valence-corrected chi connectivity index (χ3v) is 3.30. The molecule has 0 aromatic carbocycles. The Kier molecular flexibility index (Phi) is 5.02. The Morgan fingerprint density at radius 2 is 1.89 bits per heavy atom. The first kappa shape index (κ1) is 15.7. The van der Waals surface area contributed by atoms with Gasteiger partial charge < -0.3 is 9.84 Å². The van der Waals surface area contributed by atoms with Crippen LogP contribution in [0.5, 0.6) is 0 Å². The molecule has 0 aromatic heterocycles. The fourth-order valence-corrected chi connectivity index (χ4v) is 2.66. The molecular weight excluding hydrogens is 294 g/mol. The summed E-state index contributed by atoms with van der Waals surface area (Å²) in [4.78, 5) is 0. The summed E-state index contributed by atoms with van der Waals surface area (Å²) >= 11 is 0. The number of ether oxygens (including phenoxy) is 1. The highest BCUT2D eigenvalue weighted by atomic mass is 32.3. The molecule has 1 saturated heterocycles. The molecule has 10 nitrogen and oxygen atoms in total. The van der Waals surface area contributed by atoms with Crippen molar-refractivity contribution in [2.24, 2.45) is 0 Å². The fourth-order valence-electron chi connectivity index (χ4n) is 1.53. The standard InChI is InChI=1S/C6H13NO9S2/c8-2-4-1-6(16-18(12,13)14)5(3-15-4)7-17(9,10)11/h4-8H,1-3H2,(H,9,10,11)(H,12,13,14)/t4?,5?,6-/m1/s1. The summed E-state index contributed by atoms with van der Waals surface area (Å²) < 4.78 is 70.6. The van der Waals surface area contributed by atoms with Crippen LogP contribution in [-0.4, -0.2) is 62.5 Å². The minimum absolute atomic E-state index is 0.177. The van der Waals surface area contributed by atoms with Crippen LogP contribution in [0.1, 0.15) is 6.42 Å². The Morgan fingerprint density at radius 3 is 2.33 bits per heavy atom. The maximum Gasteiger partial charge on any atom is 0.397 e. The van der Waals surface area contributed by atoms with Gasteiger partial charge in [0.2, 0.25) is 0 Å². The van der Waals surface area contributed by atoms with Gasteiger partial charge >= 0.3 is 20.7 Å². The normalized spacial score (nSPS) is 30.3. The average Bonchev–Trinajstić information content (AvgIpc) is 2.16. The maximum absolute atomic E-state index is 10.6. The van der Waals surface area contributed by atoms with Crippen LogP contribution in [0, 0.1) is 0 Å². The summed E-state index contributed by atoms with van der Waals surface area (Å²) in [7, 11) is -9.38. The van der Waals surface area contributed by atoms with E-state index >= 15 is 0 Å². The van der Waals surface area contributed by atoms with E-state index in [1.807, 2.05) is 0 Å². The van der Waals surface area contributed by atoms with Crippen LogP contribution >= 0.6 is 0 Å². The van der Waals surface area contributed by atoms with Gasteiger partial charge in [0.25, 0.3) is 0 Å². The first-order valence-electron chi connectivity index (χ1n) is 4.73. The second kappa shape index (κ2) is 5.75. The van der Waals surface area contributed by atoms with Gasteiger partial charge in [0.15, 0.2) is 0 Å². The van der Waals surface area contributed by atoms with Gasteiger partial charge in [-0.05, 0) is 0 Å². The topological polar surface area (TPSA) is 159 Å². The van der Waals surface area contributed by atoms with E-state index < -0.39 is 45.6 Å². The molecule has 2 unspecified atom stereocenters. The second-order valence-electron chi connectivity index (χ2n) is 3.64. The van der Waals surface area contributed by atoms with E-state index in [0.29, 0.717) is 0 Å². The average molecular weight is 307 g/mol. The summed E-state index contributed by atoms with van der Waals surface area (Å²) in [6, 6.07) is -1.20. The second-order valence-corrected chi connectivity index (χ2v) is 5.87. The monoisotopic (exact) mass is 307 g/mol. The lowest BCUT2D eigenvalue weighted by molar-refractivity contribution is -0.0724. The lowest BCUT2D eigenvalue weighted by Gasteiger charge is -2.33. The number of hydrogen-bond acceptors (Lipinski definition) is 7. The van der Waals surface area contributed by atoms with Gasteiger partial charge in [-0.1, -0.05) is 0 Å². The molecule has 1 heterocycles. The number of hydrogen-bond donors (Lipinski definition) is 4. The van der Waals surface area contributed by atoms with E-state index in [1.54, 1.807) is 4.72 Å². The molecule has 0 saturated carbocycles. The lowest BCUT2D eigenvalue weighted by atomic mass is 10.0. The molecule has 0 bridgehead atoms. The van der Waals surface area contributed by atoms with Gasteiger partial charge in [-0.3, -0.25) is 9.11 Å². The van der Waals surface area contributed by atoms with E-state index in [2.05, 4.69) is 4.18 Å². The summed E-state index contributed by atoms with van der Waals surface area (Å²) in [5.74, 6) is 0. The molecule has 3 atom stereocenters. The highest BCUT2D eigenvalue weighted by Gasteiger charge is 2.36. The largest absolute Gasteiger partial charge is 0.397 e. The molecule has 0 aliphatic carbocycles. The highest BCUT2D eigenvalue weighted by Crippen LogP contribution is 2.19. The molecule has 1 aliphatic heterocycles. The van der Waals surface area contributed by atoms with Crippen molar-refractivity contribution in [3.05, 3.63) is 0 Å².